The average Bonchev–Trinajstić information content (AvgIpc) is 3.59. The fourth-order valence-electron chi connectivity index (χ4n) is 9.28. The van der Waals surface area contributed by atoms with Crippen molar-refractivity contribution in [2.45, 2.75) is 25.7 Å². The Balaban J connectivity index is 1.12. The fourth-order valence-corrected chi connectivity index (χ4v) is 9.28. The molecule has 6 unspecified atom stereocenters. The lowest BCUT2D eigenvalue weighted by Crippen LogP contribution is -2.48. The number of nitrogens with zero attached hydrogens (tertiary/aromatic N) is 2. The molecule has 2 aliphatic carbocycles. The molecule has 2 aliphatic heterocycles. The highest BCUT2D eigenvalue weighted by atomic mass is 16.5. The van der Waals surface area contributed by atoms with Gasteiger partial charge in [0.2, 0.25) is 23.6 Å². The van der Waals surface area contributed by atoms with E-state index >= 15 is 0 Å². The first-order valence-corrected chi connectivity index (χ1v) is 18.5. The van der Waals surface area contributed by atoms with Gasteiger partial charge in [0.15, 0.2) is 0 Å². The van der Waals surface area contributed by atoms with Crippen LogP contribution in [0.4, 0.5) is 11.4 Å². The second kappa shape index (κ2) is 14.3. The lowest BCUT2D eigenvalue weighted by molar-refractivity contribution is -0.131. The van der Waals surface area contributed by atoms with Crippen LogP contribution in [-0.4, -0.2) is 56.2 Å². The van der Waals surface area contributed by atoms with Crippen molar-refractivity contribution in [3.05, 3.63) is 125 Å². The molecular weight excluding hydrogens is 697 g/mol. The van der Waals surface area contributed by atoms with Gasteiger partial charge in [-0.2, -0.15) is 0 Å². The molecule has 2 saturated heterocycles. The van der Waals surface area contributed by atoms with E-state index in [-0.39, 0.29) is 43.3 Å². The average molecular weight is 739 g/mol. The number of aliphatic hydroxyl groups excluding tert-OH is 1. The maximum atomic E-state index is 14.6. The van der Waals surface area contributed by atoms with Crippen LogP contribution >= 0.6 is 0 Å². The SMILES string of the molecule is COc1ccc(OC)c(C=Cc2ccc(N3C(=O)C4CC=C5C(CC6C(=O)N(c7ccccc7)C(=O)C6(C)C5c5ccc(OCCO)cc5)C4C3=O)cc2)c1. The van der Waals surface area contributed by atoms with Crippen LogP contribution in [-0.2, 0) is 19.2 Å². The molecule has 1 N–H and O–H groups in total. The van der Waals surface area contributed by atoms with E-state index in [0.29, 0.717) is 35.0 Å². The molecule has 1 saturated carbocycles. The molecule has 0 radical (unpaired) electrons. The maximum Gasteiger partial charge on any atom is 0.241 e. The number of carbonyl (C=O) groups is 4. The Morgan fingerprint density at radius 3 is 2.16 bits per heavy atom. The number of ether oxygens (including phenoxy) is 3. The van der Waals surface area contributed by atoms with Gasteiger partial charge in [-0.15, -0.1) is 0 Å². The number of aliphatic hydroxyl groups is 1. The first-order valence-electron chi connectivity index (χ1n) is 18.5. The topological polar surface area (TPSA) is 123 Å². The van der Waals surface area contributed by atoms with Gasteiger partial charge in [-0.1, -0.05) is 66.3 Å². The van der Waals surface area contributed by atoms with Crippen LogP contribution in [0.2, 0.25) is 0 Å². The monoisotopic (exact) mass is 738 g/mol. The van der Waals surface area contributed by atoms with Crippen molar-refractivity contribution in [2.24, 2.45) is 29.1 Å². The number of allylic oxidation sites excluding steroid dienone is 2. The number of hydrogen-bond acceptors (Lipinski definition) is 8. The molecule has 0 bridgehead atoms. The van der Waals surface area contributed by atoms with Gasteiger partial charge >= 0.3 is 0 Å². The van der Waals surface area contributed by atoms with E-state index in [0.717, 1.165) is 22.3 Å². The van der Waals surface area contributed by atoms with Crippen molar-refractivity contribution >= 4 is 47.2 Å². The smallest absolute Gasteiger partial charge is 0.241 e. The van der Waals surface area contributed by atoms with Gasteiger partial charge in [-0.3, -0.25) is 24.1 Å². The summed E-state index contributed by atoms with van der Waals surface area (Å²) in [5.41, 5.74) is 3.29. The summed E-state index contributed by atoms with van der Waals surface area (Å²) in [6.45, 7) is 1.89. The first-order chi connectivity index (χ1) is 26.7. The predicted molar refractivity (Wildman–Crippen MR) is 207 cm³/mol. The minimum atomic E-state index is -1.14. The van der Waals surface area contributed by atoms with E-state index in [1.165, 1.54) is 9.80 Å². The molecule has 4 aromatic rings. The Kier molecular flexibility index (Phi) is 9.38. The second-order valence-corrected chi connectivity index (χ2v) is 14.7. The highest BCUT2D eigenvalue weighted by Gasteiger charge is 2.67. The van der Waals surface area contributed by atoms with E-state index in [2.05, 4.69) is 0 Å². The molecule has 0 aromatic heterocycles. The van der Waals surface area contributed by atoms with Crippen molar-refractivity contribution in [2.75, 3.05) is 37.2 Å². The van der Waals surface area contributed by atoms with Gasteiger partial charge in [0, 0.05) is 11.5 Å². The predicted octanol–water partition coefficient (Wildman–Crippen LogP) is 6.68. The van der Waals surface area contributed by atoms with E-state index < -0.39 is 35.0 Å². The molecule has 10 heteroatoms. The molecular formula is C45H42N2O8. The third-order valence-corrected chi connectivity index (χ3v) is 11.9. The van der Waals surface area contributed by atoms with Crippen LogP contribution in [0.15, 0.2) is 109 Å². The van der Waals surface area contributed by atoms with Crippen molar-refractivity contribution in [3.8, 4) is 17.2 Å². The second-order valence-electron chi connectivity index (χ2n) is 14.7. The molecule has 10 nitrogen and oxygen atoms in total. The van der Waals surface area contributed by atoms with Gasteiger partial charge in [0.25, 0.3) is 0 Å². The summed E-state index contributed by atoms with van der Waals surface area (Å²) in [6, 6.07) is 29.2. The van der Waals surface area contributed by atoms with Gasteiger partial charge in [-0.25, -0.2) is 4.90 Å². The summed E-state index contributed by atoms with van der Waals surface area (Å²) in [5, 5.41) is 9.26. The number of para-hydroxylation sites is 1. The molecule has 4 amide bonds. The molecule has 8 rings (SSSR count). The minimum absolute atomic E-state index is 0.127. The highest BCUT2D eigenvalue weighted by Crippen LogP contribution is 2.63. The van der Waals surface area contributed by atoms with Crippen molar-refractivity contribution in [3.63, 3.8) is 0 Å². The molecule has 55 heavy (non-hydrogen) atoms. The molecule has 0 spiro atoms. The molecule has 2 heterocycles. The Labute approximate surface area is 319 Å². The van der Waals surface area contributed by atoms with Crippen LogP contribution in [0, 0.1) is 29.1 Å². The van der Waals surface area contributed by atoms with Gasteiger partial charge in [-0.05, 0) is 91.4 Å². The number of imide groups is 2. The van der Waals surface area contributed by atoms with Crippen LogP contribution < -0.4 is 24.0 Å². The zero-order valence-corrected chi connectivity index (χ0v) is 30.9. The van der Waals surface area contributed by atoms with Crippen molar-refractivity contribution in [1.29, 1.82) is 0 Å². The fraction of sp³-hybridized carbons (Fsp3) is 0.289. The Morgan fingerprint density at radius 1 is 0.764 bits per heavy atom. The number of methoxy groups -OCH3 is 2. The first kappa shape index (κ1) is 36.0. The van der Waals surface area contributed by atoms with Crippen LogP contribution in [0.1, 0.15) is 42.4 Å². The zero-order chi connectivity index (χ0) is 38.4. The summed E-state index contributed by atoms with van der Waals surface area (Å²) in [5.74, 6) is -2.10. The summed E-state index contributed by atoms with van der Waals surface area (Å²) in [6.07, 6.45) is 6.51. The van der Waals surface area contributed by atoms with E-state index in [1.54, 1.807) is 62.8 Å². The number of carbonyl (C=O) groups excluding carboxylic acids is 4. The number of benzene rings is 4. The summed E-state index contributed by atoms with van der Waals surface area (Å²) < 4.78 is 16.5. The summed E-state index contributed by atoms with van der Waals surface area (Å²) in [4.78, 5) is 60.3. The molecule has 4 aliphatic rings. The van der Waals surface area contributed by atoms with Gasteiger partial charge in [0.05, 0.1) is 55.4 Å². The van der Waals surface area contributed by atoms with Gasteiger partial charge in [0.1, 0.15) is 23.9 Å². The van der Waals surface area contributed by atoms with Crippen LogP contribution in [0.5, 0.6) is 17.2 Å². The summed E-state index contributed by atoms with van der Waals surface area (Å²) >= 11 is 0. The van der Waals surface area contributed by atoms with Crippen molar-refractivity contribution < 1.29 is 38.5 Å². The largest absolute Gasteiger partial charge is 0.497 e. The number of anilines is 2. The standard InChI is InChI=1S/C45H42N2O8/c1-45-37(42(50)47(44(45)52)30-7-5-4-6-8-30)26-36-34(40(45)28-13-17-32(18-14-28)55-24-23-48)20-21-35-39(36)43(51)46(41(35)49)31-15-10-27(11-16-31)9-12-29-25-33(53-2)19-22-38(29)54-3/h4-20,22,25,35-37,39-40,48H,21,23-24,26H2,1-3H3. The summed E-state index contributed by atoms with van der Waals surface area (Å²) in [7, 11) is 3.22. The lowest BCUT2D eigenvalue weighted by atomic mass is 9.51. The third kappa shape index (κ3) is 5.92. The van der Waals surface area contributed by atoms with Crippen LogP contribution in [0.25, 0.3) is 12.2 Å². The van der Waals surface area contributed by atoms with Crippen molar-refractivity contribution in [1.82, 2.24) is 0 Å². The van der Waals surface area contributed by atoms with Crippen LogP contribution in [0.3, 0.4) is 0 Å². The zero-order valence-electron chi connectivity index (χ0n) is 30.9. The molecule has 6 atom stereocenters. The normalized spacial score (nSPS) is 25.8. The Bertz CT molecular complexity index is 2210. The lowest BCUT2D eigenvalue weighted by Gasteiger charge is -2.49. The third-order valence-electron chi connectivity index (χ3n) is 11.9. The number of fused-ring (bicyclic) bond motifs is 4. The maximum absolute atomic E-state index is 14.6. The molecule has 4 aromatic carbocycles. The van der Waals surface area contributed by atoms with E-state index in [9.17, 15) is 24.3 Å². The number of amides is 4. The number of hydrogen-bond donors (Lipinski definition) is 1. The minimum Gasteiger partial charge on any atom is -0.497 e. The highest BCUT2D eigenvalue weighted by molar-refractivity contribution is 6.25. The molecule has 280 valence electrons. The Hall–Kier alpha value is -6.00. The van der Waals surface area contributed by atoms with Gasteiger partial charge < -0.3 is 19.3 Å². The van der Waals surface area contributed by atoms with E-state index in [1.807, 2.05) is 73.7 Å². The Morgan fingerprint density at radius 2 is 1.47 bits per heavy atom. The molecule has 3 fully saturated rings. The quantitative estimate of drug-likeness (QED) is 0.109. The number of rotatable bonds is 10. The van der Waals surface area contributed by atoms with E-state index in [4.69, 9.17) is 14.2 Å².